The molecule has 3 rings (SSSR count). The Balaban J connectivity index is 1.86. The van der Waals surface area contributed by atoms with Gasteiger partial charge in [-0.2, -0.15) is 0 Å². The standard InChI is InChI=1S/C15H20ClNO4S2/c16-15-4-2-1-3-12(15)9-17(13-5-7-22(18,19)10-13)14-6-8-23(20,21)11-14/h1-4,13-14H,5-11H2/t13-,14-/m0/s1. The summed E-state index contributed by atoms with van der Waals surface area (Å²) in [5, 5.41) is 0.624. The fourth-order valence-corrected chi connectivity index (χ4v) is 7.13. The van der Waals surface area contributed by atoms with Crippen molar-refractivity contribution in [2.75, 3.05) is 23.0 Å². The second kappa shape index (κ2) is 6.35. The van der Waals surface area contributed by atoms with Crippen LogP contribution in [0.25, 0.3) is 0 Å². The van der Waals surface area contributed by atoms with Crippen molar-refractivity contribution in [3.8, 4) is 0 Å². The molecule has 2 saturated heterocycles. The molecule has 23 heavy (non-hydrogen) atoms. The molecule has 8 heteroatoms. The van der Waals surface area contributed by atoms with Crippen molar-refractivity contribution in [3.05, 3.63) is 34.9 Å². The summed E-state index contributed by atoms with van der Waals surface area (Å²) in [5.41, 5.74) is 0.905. The largest absolute Gasteiger partial charge is 0.291 e. The molecule has 0 unspecified atom stereocenters. The number of halogens is 1. The van der Waals surface area contributed by atoms with Gasteiger partial charge in [-0.25, -0.2) is 16.8 Å². The molecule has 2 fully saturated rings. The quantitative estimate of drug-likeness (QED) is 0.795. The minimum absolute atomic E-state index is 0.105. The van der Waals surface area contributed by atoms with E-state index in [1.54, 1.807) is 6.07 Å². The van der Waals surface area contributed by atoms with Crippen LogP contribution in [0, 0.1) is 0 Å². The van der Waals surface area contributed by atoms with Gasteiger partial charge in [0.25, 0.3) is 0 Å². The highest BCUT2D eigenvalue weighted by molar-refractivity contribution is 7.92. The van der Waals surface area contributed by atoms with Crippen LogP contribution in [0.1, 0.15) is 18.4 Å². The van der Waals surface area contributed by atoms with Crippen molar-refractivity contribution >= 4 is 31.3 Å². The Labute approximate surface area is 142 Å². The lowest BCUT2D eigenvalue weighted by molar-refractivity contribution is 0.150. The minimum Gasteiger partial charge on any atom is -0.291 e. The Morgan fingerprint density at radius 1 is 0.957 bits per heavy atom. The molecule has 0 bridgehead atoms. The summed E-state index contributed by atoms with van der Waals surface area (Å²) in [5.74, 6) is 0.564. The van der Waals surface area contributed by atoms with E-state index in [9.17, 15) is 16.8 Å². The van der Waals surface area contributed by atoms with E-state index in [2.05, 4.69) is 4.90 Å². The molecule has 2 aliphatic rings. The molecule has 2 atom stereocenters. The molecule has 1 aromatic carbocycles. The summed E-state index contributed by atoms with van der Waals surface area (Å²) in [6.07, 6.45) is 1.12. The van der Waals surface area contributed by atoms with Crippen molar-refractivity contribution in [2.24, 2.45) is 0 Å². The second-order valence-corrected chi connectivity index (χ2v) is 11.2. The summed E-state index contributed by atoms with van der Waals surface area (Å²) in [6.45, 7) is 0.486. The van der Waals surface area contributed by atoms with Gasteiger partial charge >= 0.3 is 0 Å². The van der Waals surface area contributed by atoms with Gasteiger partial charge in [-0.05, 0) is 24.5 Å². The van der Waals surface area contributed by atoms with Crippen LogP contribution in [-0.2, 0) is 26.2 Å². The molecule has 0 aromatic heterocycles. The third-order valence-electron chi connectivity index (χ3n) is 4.67. The van der Waals surface area contributed by atoms with E-state index < -0.39 is 19.7 Å². The van der Waals surface area contributed by atoms with E-state index in [4.69, 9.17) is 11.6 Å². The van der Waals surface area contributed by atoms with Gasteiger partial charge in [0.2, 0.25) is 0 Å². The first kappa shape index (κ1) is 17.2. The molecule has 2 heterocycles. The van der Waals surface area contributed by atoms with Gasteiger partial charge in [0.15, 0.2) is 19.7 Å². The van der Waals surface area contributed by atoms with Gasteiger partial charge in [0.05, 0.1) is 23.0 Å². The van der Waals surface area contributed by atoms with Crippen LogP contribution in [0.3, 0.4) is 0 Å². The minimum atomic E-state index is -3.03. The van der Waals surface area contributed by atoms with Crippen molar-refractivity contribution < 1.29 is 16.8 Å². The topological polar surface area (TPSA) is 71.5 Å². The Morgan fingerprint density at radius 3 is 1.91 bits per heavy atom. The maximum atomic E-state index is 11.8. The highest BCUT2D eigenvalue weighted by Crippen LogP contribution is 2.29. The summed E-state index contributed by atoms with van der Waals surface area (Å²) < 4.78 is 47.3. The van der Waals surface area contributed by atoms with Gasteiger partial charge in [-0.3, -0.25) is 4.90 Å². The number of rotatable bonds is 4. The third kappa shape index (κ3) is 4.07. The zero-order chi connectivity index (χ0) is 16.7. The van der Waals surface area contributed by atoms with Crippen molar-refractivity contribution in [2.45, 2.75) is 31.5 Å². The first-order valence-electron chi connectivity index (χ1n) is 7.66. The molecule has 5 nitrogen and oxygen atoms in total. The first-order valence-corrected chi connectivity index (χ1v) is 11.7. The van der Waals surface area contributed by atoms with E-state index in [0.29, 0.717) is 24.4 Å². The molecule has 128 valence electrons. The molecule has 1 aromatic rings. The molecule has 2 aliphatic heterocycles. The van der Waals surface area contributed by atoms with Crippen LogP contribution < -0.4 is 0 Å². The highest BCUT2D eigenvalue weighted by atomic mass is 35.5. The number of hydrogen-bond donors (Lipinski definition) is 0. The summed E-state index contributed by atoms with van der Waals surface area (Å²) in [7, 11) is -6.05. The van der Waals surface area contributed by atoms with E-state index in [1.807, 2.05) is 18.2 Å². The van der Waals surface area contributed by atoms with Gasteiger partial charge in [0, 0.05) is 23.7 Å². The summed E-state index contributed by atoms with van der Waals surface area (Å²) in [4.78, 5) is 2.05. The predicted molar refractivity (Wildman–Crippen MR) is 91.1 cm³/mol. The van der Waals surface area contributed by atoms with Crippen LogP contribution in [0.4, 0.5) is 0 Å². The van der Waals surface area contributed by atoms with Gasteiger partial charge in [-0.15, -0.1) is 0 Å². The van der Waals surface area contributed by atoms with Crippen molar-refractivity contribution in [1.82, 2.24) is 4.90 Å². The monoisotopic (exact) mass is 377 g/mol. The lowest BCUT2D eigenvalue weighted by Gasteiger charge is -2.33. The van der Waals surface area contributed by atoms with Gasteiger partial charge in [-0.1, -0.05) is 29.8 Å². The average Bonchev–Trinajstić information content (AvgIpc) is 3.00. The number of benzene rings is 1. The van der Waals surface area contributed by atoms with Crippen molar-refractivity contribution in [1.29, 1.82) is 0 Å². The number of sulfone groups is 2. The van der Waals surface area contributed by atoms with E-state index in [0.717, 1.165) is 5.56 Å². The lowest BCUT2D eigenvalue weighted by atomic mass is 10.1. The molecule has 0 amide bonds. The highest BCUT2D eigenvalue weighted by Gasteiger charge is 2.40. The number of nitrogens with zero attached hydrogens (tertiary/aromatic N) is 1. The first-order chi connectivity index (χ1) is 10.8. The molecule has 0 radical (unpaired) electrons. The van der Waals surface area contributed by atoms with Crippen LogP contribution in [0.5, 0.6) is 0 Å². The molecular formula is C15H20ClNO4S2. The fraction of sp³-hybridized carbons (Fsp3) is 0.600. The Hall–Kier alpha value is -0.630. The smallest absolute Gasteiger partial charge is 0.151 e. The Kier molecular flexibility index (Phi) is 4.75. The molecule has 0 aliphatic carbocycles. The molecule has 0 saturated carbocycles. The van der Waals surface area contributed by atoms with Crippen molar-refractivity contribution in [3.63, 3.8) is 0 Å². The maximum absolute atomic E-state index is 11.8. The molecule has 0 N–H and O–H groups in total. The Morgan fingerprint density at radius 2 is 1.48 bits per heavy atom. The SMILES string of the molecule is O=S1(=O)CC[C@H](N(Cc2ccccc2Cl)[C@H]2CCS(=O)(=O)C2)C1. The number of hydrogen-bond acceptors (Lipinski definition) is 5. The Bertz CT molecular complexity index is 747. The van der Waals surface area contributed by atoms with Gasteiger partial charge < -0.3 is 0 Å². The average molecular weight is 378 g/mol. The fourth-order valence-electron chi connectivity index (χ4n) is 3.45. The summed E-state index contributed by atoms with van der Waals surface area (Å²) >= 11 is 6.23. The van der Waals surface area contributed by atoms with E-state index in [1.165, 1.54) is 0 Å². The molecule has 0 spiro atoms. The van der Waals surface area contributed by atoms with Crippen LogP contribution >= 0.6 is 11.6 Å². The van der Waals surface area contributed by atoms with Crippen LogP contribution in [-0.4, -0.2) is 56.8 Å². The van der Waals surface area contributed by atoms with Gasteiger partial charge in [0.1, 0.15) is 0 Å². The lowest BCUT2D eigenvalue weighted by Crippen LogP contribution is -2.44. The van der Waals surface area contributed by atoms with Crippen LogP contribution in [0.15, 0.2) is 24.3 Å². The maximum Gasteiger partial charge on any atom is 0.151 e. The predicted octanol–water partition coefficient (Wildman–Crippen LogP) is 1.52. The van der Waals surface area contributed by atoms with Crippen LogP contribution in [0.2, 0.25) is 5.02 Å². The summed E-state index contributed by atoms with van der Waals surface area (Å²) in [6, 6.07) is 7.17. The normalized spacial score (nSPS) is 29.1. The zero-order valence-electron chi connectivity index (χ0n) is 12.7. The second-order valence-electron chi connectivity index (χ2n) is 6.38. The molecular weight excluding hydrogens is 358 g/mol. The zero-order valence-corrected chi connectivity index (χ0v) is 15.1. The van der Waals surface area contributed by atoms with E-state index in [-0.39, 0.29) is 35.1 Å². The third-order valence-corrected chi connectivity index (χ3v) is 8.54. The van der Waals surface area contributed by atoms with E-state index >= 15 is 0 Å².